The summed E-state index contributed by atoms with van der Waals surface area (Å²) in [7, 11) is 0. The van der Waals surface area contributed by atoms with Crippen molar-refractivity contribution in [2.45, 2.75) is 165 Å². The smallest absolute Gasteiger partial charge is 0.105 e. The van der Waals surface area contributed by atoms with Crippen molar-refractivity contribution < 1.29 is 14.9 Å². The third-order valence-electron chi connectivity index (χ3n) is 10.6. The van der Waals surface area contributed by atoms with Crippen molar-refractivity contribution in [3.8, 4) is 0 Å². The monoisotopic (exact) mass is 492 g/mol. The van der Waals surface area contributed by atoms with Crippen molar-refractivity contribution in [3.05, 3.63) is 0 Å². The van der Waals surface area contributed by atoms with Gasteiger partial charge in [-0.15, -0.1) is 0 Å². The fourth-order valence-electron chi connectivity index (χ4n) is 9.12. The summed E-state index contributed by atoms with van der Waals surface area (Å²) < 4.78 is 7.93. The molecule has 0 saturated heterocycles. The first-order valence-corrected chi connectivity index (χ1v) is 15.5. The lowest BCUT2D eigenvalue weighted by Crippen LogP contribution is -2.62. The van der Waals surface area contributed by atoms with Gasteiger partial charge in [0, 0.05) is 12.8 Å². The number of hydrogen-bond donors (Lipinski definition) is 4. The molecule has 4 saturated carbocycles. The minimum absolute atomic E-state index is 0.404. The van der Waals surface area contributed by atoms with Crippen LogP contribution in [-0.4, -0.2) is 33.9 Å². The van der Waals surface area contributed by atoms with E-state index in [-0.39, 0.29) is 0 Å². The van der Waals surface area contributed by atoms with Crippen LogP contribution in [0.5, 0.6) is 0 Å². The highest BCUT2D eigenvalue weighted by atomic mass is 16.5. The Bertz CT molecular complexity index is 513. The Kier molecular flexibility index (Phi) is 10.4. The van der Waals surface area contributed by atoms with Gasteiger partial charge in [-0.25, -0.2) is 0 Å². The highest BCUT2D eigenvalue weighted by molar-refractivity contribution is 5.05. The first-order chi connectivity index (χ1) is 17.0. The largest absolute Gasteiger partial charge is 0.379 e. The van der Waals surface area contributed by atoms with Crippen LogP contribution < -0.4 is 11.5 Å². The molecule has 2 atom stereocenters. The lowest BCUT2D eigenvalue weighted by molar-refractivity contribution is -0.277. The van der Waals surface area contributed by atoms with E-state index in [1.807, 2.05) is 0 Å². The van der Waals surface area contributed by atoms with Crippen LogP contribution in [0.2, 0.25) is 0 Å². The van der Waals surface area contributed by atoms with E-state index in [0.29, 0.717) is 36.5 Å². The van der Waals surface area contributed by atoms with Crippen molar-refractivity contribution in [1.29, 1.82) is 0 Å². The maximum atomic E-state index is 10.8. The molecule has 4 aliphatic rings. The quantitative estimate of drug-likeness (QED) is 0.275. The third kappa shape index (κ3) is 6.63. The molecule has 2 unspecified atom stereocenters. The van der Waals surface area contributed by atoms with Gasteiger partial charge in [-0.3, -0.25) is 0 Å². The molecule has 6 N–H and O–H groups in total. The van der Waals surface area contributed by atoms with Crippen LogP contribution in [0.4, 0.5) is 0 Å². The second-order valence-corrected chi connectivity index (χ2v) is 12.9. The van der Waals surface area contributed by atoms with Crippen molar-refractivity contribution in [3.63, 3.8) is 0 Å². The highest BCUT2D eigenvalue weighted by Gasteiger charge is 2.56. The Balaban J connectivity index is 1.80. The van der Waals surface area contributed by atoms with E-state index in [9.17, 15) is 10.2 Å². The predicted molar refractivity (Wildman–Crippen MR) is 142 cm³/mol. The number of rotatable bonds is 10. The minimum atomic E-state index is -0.864. The zero-order valence-electron chi connectivity index (χ0n) is 22.5. The van der Waals surface area contributed by atoms with E-state index in [2.05, 4.69) is 0 Å². The van der Waals surface area contributed by atoms with Crippen LogP contribution in [0.15, 0.2) is 0 Å². The summed E-state index contributed by atoms with van der Waals surface area (Å²) in [5.74, 6) is 1.77. The van der Waals surface area contributed by atoms with Crippen molar-refractivity contribution in [2.24, 2.45) is 35.1 Å². The zero-order chi connectivity index (χ0) is 24.7. The van der Waals surface area contributed by atoms with Crippen LogP contribution in [0.3, 0.4) is 0 Å². The molecular weight excluding hydrogens is 436 g/mol. The fourth-order valence-corrected chi connectivity index (χ4v) is 9.12. The normalized spacial score (nSPS) is 27.1. The molecule has 0 aromatic rings. The second kappa shape index (κ2) is 13.0. The molecule has 0 bridgehead atoms. The second-order valence-electron chi connectivity index (χ2n) is 12.9. The number of hydrogen-bond acceptors (Lipinski definition) is 5. The first kappa shape index (κ1) is 27.8. The molecule has 204 valence electrons. The summed E-state index contributed by atoms with van der Waals surface area (Å²) in [5.41, 5.74) is 11.7. The summed E-state index contributed by atoms with van der Waals surface area (Å²) in [5, 5.41) is 21.5. The lowest BCUT2D eigenvalue weighted by Gasteiger charge is -2.59. The number of nitrogens with two attached hydrogens (primary N) is 2. The van der Waals surface area contributed by atoms with Crippen molar-refractivity contribution in [2.75, 3.05) is 0 Å². The molecule has 0 spiro atoms. The molecular formula is C30H56N2O3. The summed E-state index contributed by atoms with van der Waals surface area (Å²) >= 11 is 0. The van der Waals surface area contributed by atoms with Gasteiger partial charge in [0.2, 0.25) is 0 Å². The van der Waals surface area contributed by atoms with Crippen molar-refractivity contribution >= 4 is 0 Å². The Hall–Kier alpha value is -0.200. The Labute approximate surface area is 215 Å². The van der Waals surface area contributed by atoms with E-state index >= 15 is 0 Å². The van der Waals surface area contributed by atoms with E-state index in [1.54, 1.807) is 0 Å². The van der Waals surface area contributed by atoms with Crippen LogP contribution in [0, 0.1) is 23.7 Å². The maximum absolute atomic E-state index is 10.8. The number of aliphatic hydroxyl groups is 2. The molecule has 5 nitrogen and oxygen atoms in total. The van der Waals surface area contributed by atoms with Gasteiger partial charge in [0.1, 0.15) is 12.5 Å². The molecule has 4 fully saturated rings. The molecule has 0 heterocycles. The third-order valence-corrected chi connectivity index (χ3v) is 10.6. The van der Waals surface area contributed by atoms with Crippen LogP contribution in [0.25, 0.3) is 0 Å². The van der Waals surface area contributed by atoms with Gasteiger partial charge >= 0.3 is 0 Å². The fraction of sp³-hybridized carbons (Fsp3) is 1.00. The highest BCUT2D eigenvalue weighted by Crippen LogP contribution is 2.55. The molecule has 4 rings (SSSR count). The minimum Gasteiger partial charge on any atom is -0.379 e. The maximum Gasteiger partial charge on any atom is 0.105 e. The lowest BCUT2D eigenvalue weighted by atomic mass is 9.61. The van der Waals surface area contributed by atoms with Gasteiger partial charge < -0.3 is 26.4 Å². The van der Waals surface area contributed by atoms with Gasteiger partial charge in [-0.1, -0.05) is 77.0 Å². The number of ether oxygens (including phenoxy) is 1. The summed E-state index contributed by atoms with van der Waals surface area (Å²) in [6, 6.07) is 0. The molecule has 0 aromatic heterocycles. The molecule has 0 amide bonds. The predicted octanol–water partition coefficient (Wildman–Crippen LogP) is 6.14. The number of aliphatic hydroxyl groups excluding tert-OH is 2. The van der Waals surface area contributed by atoms with Crippen molar-refractivity contribution in [1.82, 2.24) is 0 Å². The van der Waals surface area contributed by atoms with E-state index in [0.717, 1.165) is 0 Å². The average Bonchev–Trinajstić information content (AvgIpc) is 2.89. The zero-order valence-corrected chi connectivity index (χ0v) is 22.5. The Morgan fingerprint density at radius 1 is 0.486 bits per heavy atom. The molecule has 5 heteroatoms. The summed E-state index contributed by atoms with van der Waals surface area (Å²) in [4.78, 5) is 0. The van der Waals surface area contributed by atoms with E-state index in [1.165, 1.54) is 128 Å². The summed E-state index contributed by atoms with van der Waals surface area (Å²) in [6.07, 6.45) is 24.0. The molecule has 35 heavy (non-hydrogen) atoms. The molecule has 4 aliphatic carbocycles. The van der Waals surface area contributed by atoms with Gasteiger partial charge in [0.05, 0.1) is 11.2 Å². The summed E-state index contributed by atoms with van der Waals surface area (Å²) in [6.45, 7) is 0. The van der Waals surface area contributed by atoms with Crippen LogP contribution in [-0.2, 0) is 4.74 Å². The van der Waals surface area contributed by atoms with Gasteiger partial charge in [-0.05, 0) is 75.0 Å². The SMILES string of the molecule is NC(O)CC(OC(CC(N)O)(C1CCCCC1)C1CCCCC1)(C1CCCCC1)C1CCCCC1. The standard InChI is InChI=1S/C30H56N2O3/c31-27(33)21-29(23-13-5-1-6-14-23,24-15-7-2-8-16-24)35-30(22-28(32)34,25-17-9-3-10-18-25)26-19-11-4-12-20-26/h23-28,33-34H,1-22,31-32H2. The van der Waals surface area contributed by atoms with Crippen LogP contribution >= 0.6 is 0 Å². The molecule has 0 aliphatic heterocycles. The van der Waals surface area contributed by atoms with E-state index < -0.39 is 23.7 Å². The van der Waals surface area contributed by atoms with Gasteiger partial charge in [-0.2, -0.15) is 0 Å². The first-order valence-electron chi connectivity index (χ1n) is 15.5. The Morgan fingerprint density at radius 2 is 0.714 bits per heavy atom. The molecule has 0 radical (unpaired) electrons. The van der Waals surface area contributed by atoms with Gasteiger partial charge in [0.25, 0.3) is 0 Å². The van der Waals surface area contributed by atoms with Crippen LogP contribution in [0.1, 0.15) is 141 Å². The van der Waals surface area contributed by atoms with Gasteiger partial charge in [0.15, 0.2) is 0 Å². The molecule has 0 aromatic carbocycles. The van der Waals surface area contributed by atoms with E-state index in [4.69, 9.17) is 16.2 Å². The Morgan fingerprint density at radius 3 is 0.914 bits per heavy atom. The average molecular weight is 493 g/mol. The topological polar surface area (TPSA) is 102 Å².